The number of ether oxygens (including phenoxy) is 1. The largest absolute Gasteiger partial charge is 0.494 e. The van der Waals surface area contributed by atoms with E-state index in [1.165, 1.54) is 38.8 Å². The number of hydrogen-bond donors (Lipinski definition) is 1. The molecule has 0 atom stereocenters. The summed E-state index contributed by atoms with van der Waals surface area (Å²) in [7, 11) is 0. The maximum absolute atomic E-state index is 5.64. The summed E-state index contributed by atoms with van der Waals surface area (Å²) in [4.78, 5) is 0. The summed E-state index contributed by atoms with van der Waals surface area (Å²) in [6.45, 7) is 5.65. The maximum atomic E-state index is 5.64. The Morgan fingerprint density at radius 2 is 1.71 bits per heavy atom. The molecule has 0 aromatic heterocycles. The van der Waals surface area contributed by atoms with Gasteiger partial charge in [-0.15, -0.1) is 0 Å². The normalized spacial score (nSPS) is 10.4. The monoisotopic (exact) mass is 236 g/mol. The van der Waals surface area contributed by atoms with E-state index in [2.05, 4.69) is 12.2 Å². The highest BCUT2D eigenvalue weighted by atomic mass is 16.5. The lowest BCUT2D eigenvalue weighted by molar-refractivity contribution is -0.655. The van der Waals surface area contributed by atoms with E-state index in [1.54, 1.807) is 0 Å². The van der Waals surface area contributed by atoms with E-state index in [9.17, 15) is 0 Å². The molecule has 2 nitrogen and oxygen atoms in total. The molecule has 0 saturated carbocycles. The van der Waals surface area contributed by atoms with Crippen LogP contribution in [0.3, 0.4) is 0 Å². The minimum Gasteiger partial charge on any atom is -0.494 e. The van der Waals surface area contributed by atoms with Gasteiger partial charge < -0.3 is 10.1 Å². The fourth-order valence-electron chi connectivity index (χ4n) is 1.77. The van der Waals surface area contributed by atoms with Crippen molar-refractivity contribution in [2.45, 2.75) is 39.0 Å². The lowest BCUT2D eigenvalue weighted by Crippen LogP contribution is -2.84. The zero-order chi connectivity index (χ0) is 12.2. The van der Waals surface area contributed by atoms with Crippen LogP contribution >= 0.6 is 0 Å². The first-order valence-electron chi connectivity index (χ1n) is 6.93. The van der Waals surface area contributed by atoms with Gasteiger partial charge in [-0.05, 0) is 37.8 Å². The van der Waals surface area contributed by atoms with Crippen molar-refractivity contribution in [3.05, 3.63) is 30.3 Å². The van der Waals surface area contributed by atoms with Crippen molar-refractivity contribution >= 4 is 0 Å². The molecule has 0 aliphatic carbocycles. The zero-order valence-electron chi connectivity index (χ0n) is 11.0. The first kappa shape index (κ1) is 14.0. The van der Waals surface area contributed by atoms with E-state index in [1.807, 2.05) is 30.3 Å². The highest BCUT2D eigenvalue weighted by Crippen LogP contribution is 2.08. The van der Waals surface area contributed by atoms with Gasteiger partial charge in [-0.2, -0.15) is 0 Å². The average molecular weight is 236 g/mol. The molecule has 0 amide bonds. The van der Waals surface area contributed by atoms with Crippen LogP contribution in [0.2, 0.25) is 0 Å². The number of hydrogen-bond acceptors (Lipinski definition) is 1. The van der Waals surface area contributed by atoms with Gasteiger partial charge in [-0.1, -0.05) is 31.5 Å². The molecule has 2 N–H and O–H groups in total. The second kappa shape index (κ2) is 10.2. The van der Waals surface area contributed by atoms with Crippen molar-refractivity contribution in [2.75, 3.05) is 19.7 Å². The predicted molar refractivity (Wildman–Crippen MR) is 72.4 cm³/mol. The summed E-state index contributed by atoms with van der Waals surface area (Å²) < 4.78 is 5.64. The fourth-order valence-corrected chi connectivity index (χ4v) is 1.77. The van der Waals surface area contributed by atoms with Crippen LogP contribution in [0.5, 0.6) is 5.75 Å². The second-order valence-corrected chi connectivity index (χ2v) is 4.44. The molecule has 0 aliphatic heterocycles. The van der Waals surface area contributed by atoms with Gasteiger partial charge in [-0.3, -0.25) is 0 Å². The molecule has 0 fully saturated rings. The molecule has 96 valence electrons. The van der Waals surface area contributed by atoms with Gasteiger partial charge in [0.25, 0.3) is 0 Å². The van der Waals surface area contributed by atoms with Crippen LogP contribution in [0, 0.1) is 0 Å². The third-order valence-corrected chi connectivity index (χ3v) is 2.83. The lowest BCUT2D eigenvalue weighted by Gasteiger charge is -2.05. The van der Waals surface area contributed by atoms with Gasteiger partial charge in [0.15, 0.2) is 0 Å². The van der Waals surface area contributed by atoms with E-state index >= 15 is 0 Å². The van der Waals surface area contributed by atoms with E-state index in [0.29, 0.717) is 0 Å². The van der Waals surface area contributed by atoms with E-state index in [-0.39, 0.29) is 0 Å². The summed E-state index contributed by atoms with van der Waals surface area (Å²) in [6.07, 6.45) is 6.40. The van der Waals surface area contributed by atoms with Gasteiger partial charge in [0, 0.05) is 0 Å². The van der Waals surface area contributed by atoms with E-state index in [4.69, 9.17) is 4.74 Å². The molecule has 17 heavy (non-hydrogen) atoms. The van der Waals surface area contributed by atoms with Crippen LogP contribution in [0.1, 0.15) is 39.0 Å². The van der Waals surface area contributed by atoms with Crippen molar-refractivity contribution < 1.29 is 10.1 Å². The van der Waals surface area contributed by atoms with Crippen LogP contribution in [-0.2, 0) is 0 Å². The average Bonchev–Trinajstić information content (AvgIpc) is 2.38. The number of quaternary nitrogens is 1. The Hall–Kier alpha value is -1.02. The Balaban J connectivity index is 1.85. The highest BCUT2D eigenvalue weighted by molar-refractivity contribution is 5.20. The van der Waals surface area contributed by atoms with Gasteiger partial charge in [0.2, 0.25) is 0 Å². The summed E-state index contributed by atoms with van der Waals surface area (Å²) in [6, 6.07) is 10.1. The summed E-state index contributed by atoms with van der Waals surface area (Å²) in [5, 5.41) is 2.43. The Bertz CT molecular complexity index is 261. The highest BCUT2D eigenvalue weighted by Gasteiger charge is 1.94. The summed E-state index contributed by atoms with van der Waals surface area (Å²) in [5.41, 5.74) is 0. The molecular weight excluding hydrogens is 210 g/mol. The first-order chi connectivity index (χ1) is 8.43. The Morgan fingerprint density at radius 1 is 0.941 bits per heavy atom. The van der Waals surface area contributed by atoms with Crippen molar-refractivity contribution in [3.63, 3.8) is 0 Å². The van der Waals surface area contributed by atoms with E-state index in [0.717, 1.165) is 18.8 Å². The molecule has 0 bridgehead atoms. The number of nitrogens with two attached hydrogens (primary N) is 1. The lowest BCUT2D eigenvalue weighted by atomic mass is 10.2. The molecule has 2 heteroatoms. The molecule has 0 unspecified atom stereocenters. The molecule has 0 spiro atoms. The van der Waals surface area contributed by atoms with Crippen molar-refractivity contribution in [3.8, 4) is 5.75 Å². The third-order valence-electron chi connectivity index (χ3n) is 2.83. The van der Waals surface area contributed by atoms with Crippen molar-refractivity contribution in [1.82, 2.24) is 0 Å². The van der Waals surface area contributed by atoms with Crippen LogP contribution < -0.4 is 10.1 Å². The summed E-state index contributed by atoms with van der Waals surface area (Å²) >= 11 is 0. The Morgan fingerprint density at radius 3 is 2.47 bits per heavy atom. The second-order valence-electron chi connectivity index (χ2n) is 4.44. The standard InChI is InChI=1S/C15H25NO/c1-2-3-12-16-13-8-5-9-14-17-15-10-6-4-7-11-15/h4,6-7,10-11,16H,2-3,5,8-9,12-14H2,1H3/p+1. The quantitative estimate of drug-likeness (QED) is 0.621. The molecular formula is C15H26NO+. The van der Waals surface area contributed by atoms with Gasteiger partial charge in [0.1, 0.15) is 5.75 Å². The predicted octanol–water partition coefficient (Wildman–Crippen LogP) is 2.60. The van der Waals surface area contributed by atoms with Gasteiger partial charge in [0.05, 0.1) is 19.7 Å². The van der Waals surface area contributed by atoms with Gasteiger partial charge >= 0.3 is 0 Å². The molecule has 0 radical (unpaired) electrons. The van der Waals surface area contributed by atoms with E-state index < -0.39 is 0 Å². The van der Waals surface area contributed by atoms with Crippen LogP contribution in [0.4, 0.5) is 0 Å². The fraction of sp³-hybridized carbons (Fsp3) is 0.600. The minimum absolute atomic E-state index is 0.846. The number of rotatable bonds is 10. The molecule has 1 rings (SSSR count). The molecule has 1 aromatic carbocycles. The molecule has 1 aromatic rings. The smallest absolute Gasteiger partial charge is 0.119 e. The molecule has 0 heterocycles. The Kier molecular flexibility index (Phi) is 8.39. The Labute approximate surface area is 105 Å². The zero-order valence-corrected chi connectivity index (χ0v) is 11.0. The molecule has 0 aliphatic rings. The number of benzene rings is 1. The third kappa shape index (κ3) is 7.81. The van der Waals surface area contributed by atoms with Crippen molar-refractivity contribution in [2.24, 2.45) is 0 Å². The minimum atomic E-state index is 0.846. The van der Waals surface area contributed by atoms with Crippen LogP contribution in [0.25, 0.3) is 0 Å². The van der Waals surface area contributed by atoms with Crippen LogP contribution in [0.15, 0.2) is 30.3 Å². The van der Waals surface area contributed by atoms with Crippen LogP contribution in [-0.4, -0.2) is 19.7 Å². The maximum Gasteiger partial charge on any atom is 0.119 e. The number of unbranched alkanes of at least 4 members (excludes halogenated alkanes) is 3. The number of para-hydroxylation sites is 1. The van der Waals surface area contributed by atoms with Crippen molar-refractivity contribution in [1.29, 1.82) is 0 Å². The van der Waals surface area contributed by atoms with Gasteiger partial charge in [-0.25, -0.2) is 0 Å². The summed E-state index contributed by atoms with van der Waals surface area (Å²) in [5.74, 6) is 0.988. The SMILES string of the molecule is CCCC[NH2+]CCCCCOc1ccccc1. The first-order valence-corrected chi connectivity index (χ1v) is 6.93. The topological polar surface area (TPSA) is 25.8 Å². The molecule has 0 saturated heterocycles.